The number of aromatic amines is 2. The number of carboxylic acid groups (broad SMARTS) is 2. The standard InChI is InChI=1S/C53H62F4N10O6/c54-33-26-39-37(58-48(60-39)43-14-8-20-65(43)50(68)45(62-52(70)71)28-10-2-3-11-28)24-31(33)41-16-17-42(67(41)30-22-35(56)47(36(57)23-30)64-18-6-1-7-19-64)32-25-38-40(27-34(32)55)61-49(59-38)44-15-9-21-66(44)51(69)46(63-53(72)73)29-12-4-5-13-29/h22-29,41-46,62-63H,1-21H2,(H,58,60)(H,59,61)(H,70,71)(H,72,73)/t41-,42?,43+,44+,45?,46?/m1/s1. The van der Waals surface area contributed by atoms with E-state index in [4.69, 9.17) is 9.97 Å². The fourth-order valence-corrected chi connectivity index (χ4v) is 13.5. The molecule has 6 atom stereocenters. The molecule has 11 rings (SSSR count). The molecule has 4 aliphatic heterocycles. The number of amides is 4. The van der Waals surface area contributed by atoms with Crippen LogP contribution in [0, 0.1) is 35.1 Å². The van der Waals surface area contributed by atoms with Crippen LogP contribution >= 0.6 is 0 Å². The molecular formula is C53H62F4N10O6. The smallest absolute Gasteiger partial charge is 0.405 e. The van der Waals surface area contributed by atoms with Crippen LogP contribution in [0.2, 0.25) is 0 Å². The van der Waals surface area contributed by atoms with Crippen LogP contribution in [-0.2, 0) is 9.59 Å². The van der Waals surface area contributed by atoms with Gasteiger partial charge in [0.25, 0.3) is 0 Å². The molecule has 2 aromatic heterocycles. The van der Waals surface area contributed by atoms with Crippen molar-refractivity contribution in [1.29, 1.82) is 0 Å². The summed E-state index contributed by atoms with van der Waals surface area (Å²) in [7, 11) is 0. The molecule has 6 N–H and O–H groups in total. The molecule has 4 amide bonds. The number of nitrogens with zero attached hydrogens (tertiary/aromatic N) is 6. The van der Waals surface area contributed by atoms with Gasteiger partial charge < -0.3 is 50.4 Å². The average molecular weight is 1010 g/mol. The first-order valence-electron chi connectivity index (χ1n) is 26.3. The summed E-state index contributed by atoms with van der Waals surface area (Å²) in [5.74, 6) is -2.80. The molecule has 0 spiro atoms. The minimum Gasteiger partial charge on any atom is -0.465 e. The van der Waals surface area contributed by atoms with Crippen molar-refractivity contribution in [2.24, 2.45) is 11.8 Å². The fourth-order valence-electron chi connectivity index (χ4n) is 13.5. The fraction of sp³-hybridized carbons (Fsp3) is 0.547. The summed E-state index contributed by atoms with van der Waals surface area (Å²) < 4.78 is 66.6. The van der Waals surface area contributed by atoms with Crippen molar-refractivity contribution in [3.8, 4) is 0 Å². The van der Waals surface area contributed by atoms with Crippen LogP contribution in [0.5, 0.6) is 0 Å². The third-order valence-corrected chi connectivity index (χ3v) is 16.8. The number of fused-ring (bicyclic) bond motifs is 2. The summed E-state index contributed by atoms with van der Waals surface area (Å²) in [6.07, 6.45) is 9.65. The van der Waals surface area contributed by atoms with Crippen molar-refractivity contribution in [2.75, 3.05) is 36.0 Å². The molecule has 73 heavy (non-hydrogen) atoms. The minimum absolute atomic E-state index is 0.108. The summed E-state index contributed by atoms with van der Waals surface area (Å²) >= 11 is 0. The molecule has 4 saturated heterocycles. The molecule has 2 aliphatic carbocycles. The number of anilines is 2. The van der Waals surface area contributed by atoms with E-state index in [2.05, 4.69) is 20.6 Å². The molecule has 20 heteroatoms. The lowest BCUT2D eigenvalue weighted by atomic mass is 9.96. The summed E-state index contributed by atoms with van der Waals surface area (Å²) in [4.78, 5) is 74.8. The van der Waals surface area contributed by atoms with Gasteiger partial charge in [0.1, 0.15) is 41.1 Å². The van der Waals surface area contributed by atoms with E-state index in [1.165, 1.54) is 24.3 Å². The van der Waals surface area contributed by atoms with Crippen LogP contribution < -0.4 is 20.4 Å². The van der Waals surface area contributed by atoms with E-state index in [9.17, 15) is 29.4 Å². The lowest BCUT2D eigenvalue weighted by Crippen LogP contribution is -2.51. The molecule has 0 bridgehead atoms. The Labute approximate surface area is 419 Å². The number of nitrogens with one attached hydrogen (secondary N) is 4. The lowest BCUT2D eigenvalue weighted by Gasteiger charge is -2.35. The first-order chi connectivity index (χ1) is 35.3. The maximum Gasteiger partial charge on any atom is 0.405 e. The Balaban J connectivity index is 0.930. The van der Waals surface area contributed by atoms with Crippen molar-refractivity contribution in [3.63, 3.8) is 0 Å². The third-order valence-electron chi connectivity index (χ3n) is 16.8. The van der Waals surface area contributed by atoms with Gasteiger partial charge in [-0.3, -0.25) is 9.59 Å². The number of rotatable bonds is 12. The molecule has 6 aliphatic rings. The number of likely N-dealkylation sites (tertiary alicyclic amines) is 2. The number of carbonyl (C=O) groups excluding carboxylic acids is 2. The largest absolute Gasteiger partial charge is 0.465 e. The highest BCUT2D eigenvalue weighted by atomic mass is 19.1. The van der Waals surface area contributed by atoms with Crippen LogP contribution in [0.1, 0.15) is 156 Å². The van der Waals surface area contributed by atoms with E-state index in [1.807, 2.05) is 0 Å². The summed E-state index contributed by atoms with van der Waals surface area (Å²) in [6.45, 7) is 1.80. The summed E-state index contributed by atoms with van der Waals surface area (Å²) in [5, 5.41) is 24.3. The van der Waals surface area contributed by atoms with E-state index in [1.54, 1.807) is 31.7 Å². The van der Waals surface area contributed by atoms with Gasteiger partial charge in [0.15, 0.2) is 11.6 Å². The van der Waals surface area contributed by atoms with Crippen molar-refractivity contribution < 1.29 is 47.0 Å². The lowest BCUT2D eigenvalue weighted by molar-refractivity contribution is -0.136. The molecular weight excluding hydrogens is 949 g/mol. The molecule has 3 unspecified atom stereocenters. The second-order valence-electron chi connectivity index (χ2n) is 21.2. The zero-order valence-electron chi connectivity index (χ0n) is 40.7. The van der Waals surface area contributed by atoms with Gasteiger partial charge in [-0.2, -0.15) is 0 Å². The molecule has 5 aromatic rings. The second kappa shape index (κ2) is 20.0. The van der Waals surface area contributed by atoms with E-state index >= 15 is 17.6 Å². The average Bonchev–Trinajstić information content (AvgIpc) is 4.22. The normalized spacial score (nSPS) is 23.8. The number of hydrogen-bond donors (Lipinski definition) is 6. The Bertz CT molecular complexity index is 2750. The van der Waals surface area contributed by atoms with Gasteiger partial charge >= 0.3 is 12.2 Å². The molecule has 6 fully saturated rings. The number of carbonyl (C=O) groups is 4. The van der Waals surface area contributed by atoms with Crippen molar-refractivity contribution in [2.45, 2.75) is 145 Å². The summed E-state index contributed by atoms with van der Waals surface area (Å²) in [5.41, 5.74) is 1.91. The number of benzene rings is 3. The molecule has 6 heterocycles. The Morgan fingerprint density at radius 3 is 1.38 bits per heavy atom. The summed E-state index contributed by atoms with van der Waals surface area (Å²) in [6, 6.07) is 3.88. The monoisotopic (exact) mass is 1010 g/mol. The van der Waals surface area contributed by atoms with E-state index < -0.39 is 71.7 Å². The maximum absolute atomic E-state index is 16.9. The quantitative estimate of drug-likeness (QED) is 0.0653. The van der Waals surface area contributed by atoms with E-state index in [-0.39, 0.29) is 59.0 Å². The van der Waals surface area contributed by atoms with Gasteiger partial charge in [-0.15, -0.1) is 0 Å². The first-order valence-corrected chi connectivity index (χ1v) is 26.3. The van der Waals surface area contributed by atoms with Gasteiger partial charge in [0.2, 0.25) is 11.8 Å². The maximum atomic E-state index is 16.9. The first kappa shape index (κ1) is 48.7. The molecule has 3 aromatic carbocycles. The topological polar surface area (TPSA) is 203 Å². The predicted octanol–water partition coefficient (Wildman–Crippen LogP) is 10.0. The van der Waals surface area contributed by atoms with Crippen LogP contribution in [0.4, 0.5) is 38.5 Å². The third kappa shape index (κ3) is 9.27. The highest BCUT2D eigenvalue weighted by Gasteiger charge is 2.44. The molecule has 16 nitrogen and oxygen atoms in total. The Hall–Kier alpha value is -6.60. The van der Waals surface area contributed by atoms with Gasteiger partial charge in [-0.1, -0.05) is 25.7 Å². The van der Waals surface area contributed by atoms with E-state index in [0.29, 0.717) is 85.6 Å². The van der Waals surface area contributed by atoms with Crippen molar-refractivity contribution in [3.05, 3.63) is 82.4 Å². The zero-order valence-corrected chi connectivity index (χ0v) is 40.7. The van der Waals surface area contributed by atoms with Crippen LogP contribution in [-0.4, -0.2) is 102 Å². The van der Waals surface area contributed by atoms with Crippen LogP contribution in [0.3, 0.4) is 0 Å². The number of hydrogen-bond acceptors (Lipinski definition) is 8. The van der Waals surface area contributed by atoms with Gasteiger partial charge in [0.05, 0.1) is 46.2 Å². The van der Waals surface area contributed by atoms with Gasteiger partial charge in [0, 0.05) is 55.1 Å². The zero-order chi connectivity index (χ0) is 50.7. The highest BCUT2D eigenvalue weighted by molar-refractivity contribution is 5.87. The molecule has 2 saturated carbocycles. The van der Waals surface area contributed by atoms with Crippen molar-refractivity contribution in [1.82, 2.24) is 40.4 Å². The predicted molar refractivity (Wildman–Crippen MR) is 263 cm³/mol. The number of H-pyrrole nitrogens is 2. The van der Waals surface area contributed by atoms with Crippen LogP contribution in [0.15, 0.2) is 36.4 Å². The Kier molecular flexibility index (Phi) is 13.3. The minimum atomic E-state index is -1.26. The number of piperidine rings is 1. The number of aromatic nitrogens is 4. The SMILES string of the molecule is O=C(O)NC(C(=O)N1CCC[C@H]1c1nc2cc(F)c(C3CC[C@H](c4cc5[nH]c([C@@H]6CCCN6C(=O)C(NC(=O)O)C6CCCC6)nc5cc4F)N3c3cc(F)c(N4CCCCC4)c(F)c3)cc2[nH]1)C1CCCC1. The van der Waals surface area contributed by atoms with E-state index in [0.717, 1.165) is 70.6 Å². The Morgan fingerprint density at radius 2 is 0.959 bits per heavy atom. The Morgan fingerprint density at radius 1 is 0.521 bits per heavy atom. The molecule has 0 radical (unpaired) electrons. The second-order valence-corrected chi connectivity index (χ2v) is 21.2. The molecule has 388 valence electrons. The highest BCUT2D eigenvalue weighted by Crippen LogP contribution is 2.50. The van der Waals surface area contributed by atoms with Crippen molar-refractivity contribution >= 4 is 57.4 Å². The van der Waals surface area contributed by atoms with Gasteiger partial charge in [-0.25, -0.2) is 37.1 Å². The van der Waals surface area contributed by atoms with Gasteiger partial charge in [-0.05, 0) is 120 Å². The number of halogens is 4. The van der Waals surface area contributed by atoms with Crippen LogP contribution in [0.25, 0.3) is 22.1 Å². The number of imidazole rings is 2.